The minimum Gasteiger partial charge on any atom is -0.394 e. The van der Waals surface area contributed by atoms with Crippen LogP contribution in [0.1, 0.15) is 23.5 Å². The molecule has 1 heterocycles. The maximum atomic E-state index is 11.6. The van der Waals surface area contributed by atoms with Crippen LogP contribution >= 0.6 is 27.3 Å². The molecule has 0 bridgehead atoms. The molecule has 1 amide bonds. The molecule has 0 aliphatic heterocycles. The van der Waals surface area contributed by atoms with Gasteiger partial charge in [0.1, 0.15) is 0 Å². The quantitative estimate of drug-likeness (QED) is 0.888. The molecule has 5 heteroatoms. The van der Waals surface area contributed by atoms with Crippen LogP contribution in [-0.4, -0.2) is 23.2 Å². The Kier molecular flexibility index (Phi) is 3.69. The second-order valence-electron chi connectivity index (χ2n) is 3.63. The number of hydrogen-bond acceptors (Lipinski definition) is 3. The van der Waals surface area contributed by atoms with Crippen LogP contribution in [0.15, 0.2) is 15.9 Å². The molecule has 0 radical (unpaired) electrons. The molecule has 0 atom stereocenters. The van der Waals surface area contributed by atoms with Gasteiger partial charge in [0.15, 0.2) is 0 Å². The van der Waals surface area contributed by atoms with Gasteiger partial charge in [-0.05, 0) is 35.8 Å². The Bertz CT molecular complexity index is 335. The van der Waals surface area contributed by atoms with Gasteiger partial charge in [0.2, 0.25) is 0 Å². The number of thiophene rings is 1. The summed E-state index contributed by atoms with van der Waals surface area (Å²) >= 11 is 4.65. The molecule has 1 aromatic rings. The van der Waals surface area contributed by atoms with Gasteiger partial charge in [-0.2, -0.15) is 0 Å². The molecule has 3 nitrogen and oxygen atoms in total. The predicted octanol–water partition coefficient (Wildman–Crippen LogP) is 2.01. The predicted molar refractivity (Wildman–Crippen MR) is 60.7 cm³/mol. The Balaban J connectivity index is 2.68. The van der Waals surface area contributed by atoms with Crippen molar-refractivity contribution in [1.82, 2.24) is 5.32 Å². The Morgan fingerprint density at radius 2 is 2.36 bits per heavy atom. The van der Waals surface area contributed by atoms with Crippen LogP contribution in [0.25, 0.3) is 0 Å². The van der Waals surface area contributed by atoms with Crippen LogP contribution in [0, 0.1) is 0 Å². The zero-order valence-corrected chi connectivity index (χ0v) is 10.4. The van der Waals surface area contributed by atoms with Gasteiger partial charge < -0.3 is 10.4 Å². The Hall–Kier alpha value is -0.390. The molecule has 0 saturated heterocycles. The lowest BCUT2D eigenvalue weighted by atomic mass is 10.1. The summed E-state index contributed by atoms with van der Waals surface area (Å²) in [6.45, 7) is 3.46. The summed E-state index contributed by atoms with van der Waals surface area (Å²) in [6.07, 6.45) is 0. The zero-order valence-electron chi connectivity index (χ0n) is 8.00. The second kappa shape index (κ2) is 4.42. The third kappa shape index (κ3) is 3.08. The molecule has 0 saturated carbocycles. The molecule has 78 valence electrons. The van der Waals surface area contributed by atoms with Gasteiger partial charge in [-0.1, -0.05) is 0 Å². The van der Waals surface area contributed by atoms with Crippen molar-refractivity contribution in [2.45, 2.75) is 19.4 Å². The molecule has 0 spiro atoms. The Labute approximate surface area is 95.3 Å². The molecule has 0 aliphatic carbocycles. The van der Waals surface area contributed by atoms with Crippen LogP contribution in [-0.2, 0) is 0 Å². The number of aliphatic hydroxyl groups excluding tert-OH is 1. The van der Waals surface area contributed by atoms with Crippen LogP contribution in [0.4, 0.5) is 0 Å². The summed E-state index contributed by atoms with van der Waals surface area (Å²) < 4.78 is 0.898. The van der Waals surface area contributed by atoms with E-state index in [-0.39, 0.29) is 12.5 Å². The highest BCUT2D eigenvalue weighted by atomic mass is 79.9. The van der Waals surface area contributed by atoms with Crippen molar-refractivity contribution in [1.29, 1.82) is 0 Å². The van der Waals surface area contributed by atoms with E-state index in [1.54, 1.807) is 19.9 Å². The lowest BCUT2D eigenvalue weighted by Crippen LogP contribution is -2.46. The number of nitrogens with one attached hydrogen (secondary N) is 1. The third-order valence-corrected chi connectivity index (χ3v) is 3.33. The maximum absolute atomic E-state index is 11.6. The molecule has 14 heavy (non-hydrogen) atoms. The first kappa shape index (κ1) is 11.7. The average Bonchev–Trinajstić information content (AvgIpc) is 2.51. The van der Waals surface area contributed by atoms with Crippen LogP contribution in [0.3, 0.4) is 0 Å². The fourth-order valence-electron chi connectivity index (χ4n) is 0.841. The average molecular weight is 278 g/mol. The van der Waals surface area contributed by atoms with E-state index < -0.39 is 5.54 Å². The topological polar surface area (TPSA) is 49.3 Å². The standard InChI is InChI=1S/C9H12BrNO2S/c1-9(2,5-12)11-8(13)7-3-6(10)4-14-7/h3-4,12H,5H2,1-2H3,(H,11,13). The van der Waals surface area contributed by atoms with Crippen molar-refractivity contribution in [2.75, 3.05) is 6.61 Å². The molecule has 0 aromatic carbocycles. The van der Waals surface area contributed by atoms with Crippen molar-refractivity contribution in [2.24, 2.45) is 0 Å². The van der Waals surface area contributed by atoms with E-state index in [0.717, 1.165) is 4.47 Å². The van der Waals surface area contributed by atoms with Crippen molar-refractivity contribution < 1.29 is 9.90 Å². The number of hydrogen-bond donors (Lipinski definition) is 2. The van der Waals surface area contributed by atoms with E-state index in [1.165, 1.54) is 11.3 Å². The number of aliphatic hydroxyl groups is 1. The first-order valence-electron chi connectivity index (χ1n) is 4.12. The highest BCUT2D eigenvalue weighted by Gasteiger charge is 2.20. The van der Waals surface area contributed by atoms with Crippen molar-refractivity contribution in [3.63, 3.8) is 0 Å². The van der Waals surface area contributed by atoms with E-state index in [1.807, 2.05) is 5.38 Å². The lowest BCUT2D eigenvalue weighted by molar-refractivity contribution is 0.0873. The number of carbonyl (C=O) groups is 1. The summed E-state index contributed by atoms with van der Waals surface area (Å²) in [6, 6.07) is 1.76. The van der Waals surface area contributed by atoms with Crippen LogP contribution < -0.4 is 5.32 Å². The zero-order chi connectivity index (χ0) is 10.8. The molecular formula is C9H12BrNO2S. The van der Waals surface area contributed by atoms with Gasteiger partial charge in [-0.3, -0.25) is 4.79 Å². The van der Waals surface area contributed by atoms with E-state index in [9.17, 15) is 4.79 Å². The van der Waals surface area contributed by atoms with E-state index in [4.69, 9.17) is 5.11 Å². The second-order valence-corrected chi connectivity index (χ2v) is 5.45. The molecular weight excluding hydrogens is 266 g/mol. The normalized spacial score (nSPS) is 11.4. The fraction of sp³-hybridized carbons (Fsp3) is 0.444. The molecule has 1 aromatic heterocycles. The summed E-state index contributed by atoms with van der Waals surface area (Å²) in [5.41, 5.74) is -0.576. The summed E-state index contributed by atoms with van der Waals surface area (Å²) in [5.74, 6) is -0.153. The minimum absolute atomic E-state index is 0.0781. The smallest absolute Gasteiger partial charge is 0.261 e. The molecule has 0 unspecified atom stereocenters. The minimum atomic E-state index is -0.576. The van der Waals surface area contributed by atoms with Gasteiger partial charge in [0, 0.05) is 9.85 Å². The summed E-state index contributed by atoms with van der Waals surface area (Å²) in [7, 11) is 0. The van der Waals surface area contributed by atoms with Gasteiger partial charge >= 0.3 is 0 Å². The molecule has 2 N–H and O–H groups in total. The van der Waals surface area contributed by atoms with E-state index in [0.29, 0.717) is 4.88 Å². The van der Waals surface area contributed by atoms with Crippen molar-refractivity contribution >= 4 is 33.2 Å². The van der Waals surface area contributed by atoms with Crippen LogP contribution in [0.5, 0.6) is 0 Å². The van der Waals surface area contributed by atoms with Crippen molar-refractivity contribution in [3.05, 3.63) is 20.8 Å². The first-order chi connectivity index (χ1) is 6.44. The third-order valence-electron chi connectivity index (χ3n) is 1.64. The first-order valence-corrected chi connectivity index (χ1v) is 5.79. The lowest BCUT2D eigenvalue weighted by Gasteiger charge is -2.22. The Morgan fingerprint density at radius 3 is 2.79 bits per heavy atom. The van der Waals surface area contributed by atoms with Gasteiger partial charge in [0.05, 0.1) is 17.0 Å². The molecule has 0 fully saturated rings. The molecule has 0 aliphatic rings. The SMILES string of the molecule is CC(C)(CO)NC(=O)c1cc(Br)cs1. The van der Waals surface area contributed by atoms with Gasteiger partial charge in [-0.25, -0.2) is 0 Å². The monoisotopic (exact) mass is 277 g/mol. The highest BCUT2D eigenvalue weighted by molar-refractivity contribution is 9.10. The highest BCUT2D eigenvalue weighted by Crippen LogP contribution is 2.20. The number of carbonyl (C=O) groups excluding carboxylic acids is 1. The Morgan fingerprint density at radius 1 is 1.71 bits per heavy atom. The van der Waals surface area contributed by atoms with Crippen LogP contribution in [0.2, 0.25) is 0 Å². The van der Waals surface area contributed by atoms with E-state index >= 15 is 0 Å². The summed E-state index contributed by atoms with van der Waals surface area (Å²) in [5, 5.41) is 13.6. The maximum Gasteiger partial charge on any atom is 0.261 e. The fourth-order valence-corrected chi connectivity index (χ4v) is 2.16. The van der Waals surface area contributed by atoms with Crippen molar-refractivity contribution in [3.8, 4) is 0 Å². The largest absolute Gasteiger partial charge is 0.394 e. The number of halogens is 1. The van der Waals surface area contributed by atoms with E-state index in [2.05, 4.69) is 21.2 Å². The summed E-state index contributed by atoms with van der Waals surface area (Å²) in [4.78, 5) is 12.2. The van der Waals surface area contributed by atoms with Gasteiger partial charge in [-0.15, -0.1) is 11.3 Å². The number of rotatable bonds is 3. The van der Waals surface area contributed by atoms with Gasteiger partial charge in [0.25, 0.3) is 5.91 Å². The number of amides is 1. The molecule has 1 rings (SSSR count).